The SMILES string of the molecule is CCOC(=O)c1ccc(NC(=O)Nc2ccc(Cl)c(OC)c2)cc1. The number of amides is 2. The van der Waals surface area contributed by atoms with Crippen molar-refractivity contribution in [3.05, 3.63) is 53.1 Å². The molecule has 0 aliphatic rings. The van der Waals surface area contributed by atoms with Gasteiger partial charge in [-0.2, -0.15) is 0 Å². The molecule has 2 N–H and O–H groups in total. The smallest absolute Gasteiger partial charge is 0.338 e. The third-order valence-corrected chi connectivity index (χ3v) is 3.38. The molecular formula is C17H17ClN2O4. The lowest BCUT2D eigenvalue weighted by Gasteiger charge is -2.10. The van der Waals surface area contributed by atoms with E-state index in [1.54, 1.807) is 49.4 Å². The number of benzene rings is 2. The van der Waals surface area contributed by atoms with Crippen LogP contribution in [0, 0.1) is 0 Å². The van der Waals surface area contributed by atoms with Gasteiger partial charge < -0.3 is 20.1 Å². The predicted octanol–water partition coefficient (Wildman–Crippen LogP) is 4.17. The molecule has 126 valence electrons. The lowest BCUT2D eigenvalue weighted by molar-refractivity contribution is 0.0526. The molecule has 7 heteroatoms. The number of carbonyl (C=O) groups excluding carboxylic acids is 2. The third-order valence-electron chi connectivity index (χ3n) is 3.06. The summed E-state index contributed by atoms with van der Waals surface area (Å²) in [6.07, 6.45) is 0. The van der Waals surface area contributed by atoms with Crippen molar-refractivity contribution in [3.63, 3.8) is 0 Å². The Morgan fingerprint density at radius 3 is 2.29 bits per heavy atom. The molecule has 0 radical (unpaired) electrons. The summed E-state index contributed by atoms with van der Waals surface area (Å²) in [6, 6.07) is 10.9. The van der Waals surface area contributed by atoms with Crippen molar-refractivity contribution in [1.29, 1.82) is 0 Å². The van der Waals surface area contributed by atoms with Gasteiger partial charge in [0.05, 0.1) is 24.3 Å². The molecule has 2 aromatic carbocycles. The number of ether oxygens (including phenoxy) is 2. The van der Waals surface area contributed by atoms with Crippen molar-refractivity contribution in [2.75, 3.05) is 24.4 Å². The van der Waals surface area contributed by atoms with Crippen LogP contribution in [0.2, 0.25) is 5.02 Å². The highest BCUT2D eigenvalue weighted by Gasteiger charge is 2.08. The van der Waals surface area contributed by atoms with Crippen LogP contribution in [0.4, 0.5) is 16.2 Å². The first-order chi connectivity index (χ1) is 11.5. The van der Waals surface area contributed by atoms with Crippen molar-refractivity contribution in [2.24, 2.45) is 0 Å². The first-order valence-electron chi connectivity index (χ1n) is 7.22. The first-order valence-corrected chi connectivity index (χ1v) is 7.60. The number of methoxy groups -OCH3 is 1. The van der Waals surface area contributed by atoms with Gasteiger partial charge in [0.2, 0.25) is 0 Å². The number of anilines is 2. The average Bonchev–Trinajstić information content (AvgIpc) is 2.57. The third kappa shape index (κ3) is 4.63. The fraction of sp³-hybridized carbons (Fsp3) is 0.176. The quantitative estimate of drug-likeness (QED) is 0.795. The molecule has 2 rings (SSSR count). The number of hydrogen-bond donors (Lipinski definition) is 2. The van der Waals surface area contributed by atoms with Crippen molar-refractivity contribution < 1.29 is 19.1 Å². The van der Waals surface area contributed by atoms with E-state index in [2.05, 4.69) is 10.6 Å². The standard InChI is InChI=1S/C17H17ClN2O4/c1-3-24-16(21)11-4-6-12(7-5-11)19-17(22)20-13-8-9-14(18)15(10-13)23-2/h4-10H,3H2,1-2H3,(H2,19,20,22). The summed E-state index contributed by atoms with van der Waals surface area (Å²) in [5.74, 6) is 0.0648. The molecule has 24 heavy (non-hydrogen) atoms. The van der Waals surface area contributed by atoms with Crippen LogP contribution in [0.1, 0.15) is 17.3 Å². The van der Waals surface area contributed by atoms with Crippen LogP contribution in [0.15, 0.2) is 42.5 Å². The Morgan fingerprint density at radius 2 is 1.67 bits per heavy atom. The van der Waals surface area contributed by atoms with Gasteiger partial charge in [-0.25, -0.2) is 9.59 Å². The molecule has 0 spiro atoms. The van der Waals surface area contributed by atoms with Gasteiger partial charge >= 0.3 is 12.0 Å². The van der Waals surface area contributed by atoms with E-state index in [-0.39, 0.29) is 0 Å². The Labute approximate surface area is 144 Å². The minimum Gasteiger partial charge on any atom is -0.495 e. The van der Waals surface area contributed by atoms with Gasteiger partial charge in [0.25, 0.3) is 0 Å². The van der Waals surface area contributed by atoms with E-state index in [4.69, 9.17) is 21.1 Å². The zero-order chi connectivity index (χ0) is 17.5. The monoisotopic (exact) mass is 348 g/mol. The lowest BCUT2D eigenvalue weighted by atomic mass is 10.2. The molecule has 2 amide bonds. The van der Waals surface area contributed by atoms with Gasteiger partial charge in [-0.3, -0.25) is 0 Å². The second-order valence-corrected chi connectivity index (χ2v) is 5.13. The van der Waals surface area contributed by atoms with Crippen LogP contribution < -0.4 is 15.4 Å². The molecule has 0 saturated heterocycles. The van der Waals surface area contributed by atoms with Crippen molar-refractivity contribution >= 4 is 35.0 Å². The fourth-order valence-corrected chi connectivity index (χ4v) is 2.13. The average molecular weight is 349 g/mol. The van der Waals surface area contributed by atoms with Gasteiger partial charge in [0, 0.05) is 17.4 Å². The largest absolute Gasteiger partial charge is 0.495 e. The van der Waals surface area contributed by atoms with Crippen molar-refractivity contribution in [3.8, 4) is 5.75 Å². The van der Waals surface area contributed by atoms with Gasteiger partial charge in [-0.15, -0.1) is 0 Å². The van der Waals surface area contributed by atoms with Crippen molar-refractivity contribution in [1.82, 2.24) is 0 Å². The molecule has 0 heterocycles. The minimum absolute atomic E-state index is 0.311. The van der Waals surface area contributed by atoms with E-state index in [9.17, 15) is 9.59 Å². The summed E-state index contributed by atoms with van der Waals surface area (Å²) < 4.78 is 9.99. The minimum atomic E-state index is -0.428. The van der Waals surface area contributed by atoms with Crippen LogP contribution in [-0.2, 0) is 4.74 Å². The summed E-state index contributed by atoms with van der Waals surface area (Å²) in [5, 5.41) is 5.79. The maximum absolute atomic E-state index is 12.0. The van der Waals surface area contributed by atoms with E-state index in [1.165, 1.54) is 7.11 Å². The van der Waals surface area contributed by atoms with Crippen LogP contribution in [0.3, 0.4) is 0 Å². The maximum atomic E-state index is 12.0. The Hall–Kier alpha value is -2.73. The topological polar surface area (TPSA) is 76.7 Å². The van der Waals surface area contributed by atoms with Crippen molar-refractivity contribution in [2.45, 2.75) is 6.92 Å². The van der Waals surface area contributed by atoms with Gasteiger partial charge in [0.1, 0.15) is 5.75 Å². The Balaban J connectivity index is 1.98. The zero-order valence-corrected chi connectivity index (χ0v) is 14.0. The zero-order valence-electron chi connectivity index (χ0n) is 13.3. The number of halogens is 1. The second-order valence-electron chi connectivity index (χ2n) is 4.73. The molecule has 0 fully saturated rings. The lowest BCUT2D eigenvalue weighted by Crippen LogP contribution is -2.19. The van der Waals surface area contributed by atoms with Gasteiger partial charge in [0.15, 0.2) is 0 Å². The highest BCUT2D eigenvalue weighted by atomic mass is 35.5. The number of nitrogens with one attached hydrogen (secondary N) is 2. The number of urea groups is 1. The summed E-state index contributed by atoms with van der Waals surface area (Å²) in [5.41, 5.74) is 1.50. The van der Waals surface area contributed by atoms with E-state index < -0.39 is 12.0 Å². The molecule has 6 nitrogen and oxygen atoms in total. The van der Waals surface area contributed by atoms with Crippen LogP contribution in [-0.4, -0.2) is 25.7 Å². The number of rotatable bonds is 5. The van der Waals surface area contributed by atoms with Gasteiger partial charge in [-0.1, -0.05) is 11.6 Å². The predicted molar refractivity (Wildman–Crippen MR) is 93.0 cm³/mol. The molecule has 0 aromatic heterocycles. The molecule has 0 saturated carbocycles. The molecule has 0 bridgehead atoms. The molecule has 0 aliphatic heterocycles. The number of carbonyl (C=O) groups is 2. The van der Waals surface area contributed by atoms with E-state index in [0.717, 1.165) is 0 Å². The van der Waals surface area contributed by atoms with Crippen LogP contribution >= 0.6 is 11.6 Å². The maximum Gasteiger partial charge on any atom is 0.338 e. The Bertz CT molecular complexity index is 732. The molecule has 0 aliphatic carbocycles. The summed E-state index contributed by atoms with van der Waals surface area (Å²) in [4.78, 5) is 23.6. The first kappa shape index (κ1) is 17.6. The Kier molecular flexibility index (Phi) is 6.03. The number of hydrogen-bond acceptors (Lipinski definition) is 4. The Morgan fingerprint density at radius 1 is 1.04 bits per heavy atom. The molecule has 0 atom stereocenters. The summed E-state index contributed by atoms with van der Waals surface area (Å²) >= 11 is 5.93. The molecule has 0 unspecified atom stereocenters. The normalized spacial score (nSPS) is 9.96. The van der Waals surface area contributed by atoms with E-state index in [1.807, 2.05) is 0 Å². The van der Waals surface area contributed by atoms with Crippen LogP contribution in [0.25, 0.3) is 0 Å². The van der Waals surface area contributed by atoms with E-state index in [0.29, 0.717) is 34.3 Å². The highest BCUT2D eigenvalue weighted by Crippen LogP contribution is 2.27. The van der Waals surface area contributed by atoms with Crippen LogP contribution in [0.5, 0.6) is 5.75 Å². The summed E-state index contributed by atoms with van der Waals surface area (Å²) in [7, 11) is 1.50. The van der Waals surface area contributed by atoms with E-state index >= 15 is 0 Å². The fourth-order valence-electron chi connectivity index (χ4n) is 1.94. The molecular weight excluding hydrogens is 332 g/mol. The van der Waals surface area contributed by atoms with Gasteiger partial charge in [-0.05, 0) is 43.3 Å². The number of esters is 1. The second kappa shape index (κ2) is 8.21. The highest BCUT2D eigenvalue weighted by molar-refractivity contribution is 6.32. The molecule has 2 aromatic rings. The summed E-state index contributed by atoms with van der Waals surface area (Å²) in [6.45, 7) is 2.05.